The zero-order valence-electron chi connectivity index (χ0n) is 15.8. The molecule has 2 heterocycles. The molecule has 0 aliphatic carbocycles. The Hall–Kier alpha value is -2.40. The highest BCUT2D eigenvalue weighted by Crippen LogP contribution is 2.22. The molecule has 1 amide bonds. The maximum Gasteiger partial charge on any atom is 0.271 e. The Morgan fingerprint density at radius 3 is 2.69 bits per heavy atom. The molecule has 156 valence electrons. The summed E-state index contributed by atoms with van der Waals surface area (Å²) < 4.78 is 32.9. The lowest BCUT2D eigenvalue weighted by molar-refractivity contribution is -0.0891. The van der Waals surface area contributed by atoms with Crippen molar-refractivity contribution >= 4 is 15.9 Å². The third-order valence-corrected chi connectivity index (χ3v) is 6.20. The van der Waals surface area contributed by atoms with Gasteiger partial charge in [-0.2, -0.15) is 0 Å². The Bertz CT molecular complexity index is 895. The fourth-order valence-corrected chi connectivity index (χ4v) is 4.27. The van der Waals surface area contributed by atoms with Gasteiger partial charge in [-0.1, -0.05) is 18.2 Å². The number of rotatable bonds is 8. The van der Waals surface area contributed by atoms with Crippen LogP contribution < -0.4 is 10.0 Å². The molecule has 0 bridgehead atoms. The number of aromatic nitrogens is 2. The minimum Gasteiger partial charge on any atom is -0.394 e. The SMILES string of the molecule is O=C(N[C@@H]1CC[C@@H](CCNS(=O)(=O)c2ccccc2)O[C@H]1CO)c1cnccn1. The Kier molecular flexibility index (Phi) is 7.26. The molecule has 2 aromatic rings. The molecule has 0 radical (unpaired) electrons. The van der Waals surface area contributed by atoms with Gasteiger partial charge in [0.1, 0.15) is 11.8 Å². The molecule has 0 spiro atoms. The van der Waals surface area contributed by atoms with E-state index in [2.05, 4.69) is 20.0 Å². The summed E-state index contributed by atoms with van der Waals surface area (Å²) in [6, 6.07) is 7.80. The highest BCUT2D eigenvalue weighted by molar-refractivity contribution is 7.89. The van der Waals surface area contributed by atoms with E-state index < -0.39 is 16.1 Å². The standard InChI is InChI=1S/C19H24N4O5S/c24-13-18-16(23-19(25)17-12-20-10-11-21-17)7-6-14(28-18)8-9-22-29(26,27)15-4-2-1-3-5-15/h1-5,10-12,14,16,18,22,24H,6-9,13H2,(H,23,25)/t14-,16+,18-/m0/s1. The van der Waals surface area contributed by atoms with Crippen molar-refractivity contribution in [3.8, 4) is 0 Å². The van der Waals surface area contributed by atoms with E-state index in [0.717, 1.165) is 0 Å². The minimum absolute atomic E-state index is 0.196. The molecule has 0 saturated carbocycles. The van der Waals surface area contributed by atoms with Crippen LogP contribution in [0.4, 0.5) is 0 Å². The first-order valence-corrected chi connectivity index (χ1v) is 10.9. The predicted molar refractivity (Wildman–Crippen MR) is 105 cm³/mol. The van der Waals surface area contributed by atoms with Gasteiger partial charge in [0.15, 0.2) is 0 Å². The molecular weight excluding hydrogens is 396 g/mol. The minimum atomic E-state index is -3.56. The molecule has 0 unspecified atom stereocenters. The second-order valence-corrected chi connectivity index (χ2v) is 8.49. The number of hydrogen-bond acceptors (Lipinski definition) is 7. The van der Waals surface area contributed by atoms with E-state index in [-0.39, 0.29) is 41.8 Å². The van der Waals surface area contributed by atoms with Crippen LogP contribution in [0, 0.1) is 0 Å². The highest BCUT2D eigenvalue weighted by atomic mass is 32.2. The van der Waals surface area contributed by atoms with Gasteiger partial charge in [0.2, 0.25) is 10.0 Å². The second-order valence-electron chi connectivity index (χ2n) is 6.73. The van der Waals surface area contributed by atoms with Crippen LogP contribution in [0.2, 0.25) is 0 Å². The number of aliphatic hydroxyl groups excluding tert-OH is 1. The van der Waals surface area contributed by atoms with Crippen molar-refractivity contribution in [3.63, 3.8) is 0 Å². The number of nitrogens with one attached hydrogen (secondary N) is 2. The van der Waals surface area contributed by atoms with E-state index in [1.165, 1.54) is 30.7 Å². The lowest BCUT2D eigenvalue weighted by Gasteiger charge is -2.36. The van der Waals surface area contributed by atoms with Gasteiger partial charge in [-0.05, 0) is 31.4 Å². The predicted octanol–water partition coefficient (Wildman–Crippen LogP) is 0.483. The second kappa shape index (κ2) is 9.88. The van der Waals surface area contributed by atoms with Crippen molar-refractivity contribution in [2.45, 2.75) is 42.4 Å². The number of aliphatic hydroxyl groups is 1. The van der Waals surface area contributed by atoms with Gasteiger partial charge < -0.3 is 15.2 Å². The number of sulfonamides is 1. The molecule has 1 aliphatic rings. The molecule has 3 atom stereocenters. The Labute approximate surface area is 169 Å². The number of hydrogen-bond donors (Lipinski definition) is 3. The summed E-state index contributed by atoms with van der Waals surface area (Å²) in [6.45, 7) is -0.0334. The monoisotopic (exact) mass is 420 g/mol. The summed E-state index contributed by atoms with van der Waals surface area (Å²) in [5.74, 6) is -0.376. The molecule has 1 aromatic heterocycles. The maximum atomic E-state index is 12.3. The van der Waals surface area contributed by atoms with Crippen molar-refractivity contribution in [2.24, 2.45) is 0 Å². The third kappa shape index (κ3) is 5.80. The number of carbonyl (C=O) groups is 1. The topological polar surface area (TPSA) is 131 Å². The van der Waals surface area contributed by atoms with Crippen LogP contribution in [0.1, 0.15) is 29.8 Å². The van der Waals surface area contributed by atoms with Gasteiger partial charge in [0, 0.05) is 18.9 Å². The Morgan fingerprint density at radius 1 is 1.21 bits per heavy atom. The van der Waals surface area contributed by atoms with E-state index in [9.17, 15) is 18.3 Å². The largest absolute Gasteiger partial charge is 0.394 e. The zero-order valence-corrected chi connectivity index (χ0v) is 16.6. The van der Waals surface area contributed by atoms with Gasteiger partial charge in [0.05, 0.1) is 29.8 Å². The van der Waals surface area contributed by atoms with Crippen LogP contribution in [0.3, 0.4) is 0 Å². The van der Waals surface area contributed by atoms with Gasteiger partial charge in [-0.3, -0.25) is 9.78 Å². The first kappa shape index (κ1) is 21.3. The van der Waals surface area contributed by atoms with Crippen LogP contribution in [0.5, 0.6) is 0 Å². The van der Waals surface area contributed by atoms with Crippen LogP contribution in [0.25, 0.3) is 0 Å². The normalized spacial score (nSPS) is 22.2. The Morgan fingerprint density at radius 2 is 2.00 bits per heavy atom. The van der Waals surface area contributed by atoms with Gasteiger partial charge in [-0.25, -0.2) is 18.1 Å². The smallest absolute Gasteiger partial charge is 0.271 e. The maximum absolute atomic E-state index is 12.3. The first-order chi connectivity index (χ1) is 14.0. The van der Waals surface area contributed by atoms with Crippen LogP contribution >= 0.6 is 0 Å². The average molecular weight is 420 g/mol. The number of carbonyl (C=O) groups excluding carboxylic acids is 1. The van der Waals surface area contributed by atoms with Crippen molar-refractivity contribution in [1.82, 2.24) is 20.0 Å². The summed E-state index contributed by atoms with van der Waals surface area (Å²) >= 11 is 0. The fraction of sp³-hybridized carbons (Fsp3) is 0.421. The fourth-order valence-electron chi connectivity index (χ4n) is 3.21. The molecule has 1 saturated heterocycles. The summed E-state index contributed by atoms with van der Waals surface area (Å²) in [5.41, 5.74) is 0.196. The third-order valence-electron chi connectivity index (χ3n) is 4.72. The van der Waals surface area contributed by atoms with E-state index in [1.807, 2.05) is 0 Å². The van der Waals surface area contributed by atoms with E-state index in [1.54, 1.807) is 18.2 Å². The molecule has 3 rings (SSSR count). The molecular formula is C19H24N4O5S. The average Bonchev–Trinajstić information content (AvgIpc) is 2.75. The first-order valence-electron chi connectivity index (χ1n) is 9.37. The number of amides is 1. The number of ether oxygens (including phenoxy) is 1. The van der Waals surface area contributed by atoms with E-state index in [4.69, 9.17) is 4.74 Å². The van der Waals surface area contributed by atoms with Crippen molar-refractivity contribution in [3.05, 3.63) is 54.6 Å². The van der Waals surface area contributed by atoms with Crippen LogP contribution in [0.15, 0.2) is 53.8 Å². The molecule has 1 aromatic carbocycles. The van der Waals surface area contributed by atoms with Crippen LogP contribution in [-0.4, -0.2) is 60.8 Å². The highest BCUT2D eigenvalue weighted by Gasteiger charge is 2.32. The van der Waals surface area contributed by atoms with Gasteiger partial charge >= 0.3 is 0 Å². The molecule has 1 aliphatic heterocycles. The van der Waals surface area contributed by atoms with E-state index >= 15 is 0 Å². The Balaban J connectivity index is 1.49. The summed E-state index contributed by atoms with van der Waals surface area (Å²) in [5, 5.41) is 12.5. The van der Waals surface area contributed by atoms with Crippen molar-refractivity contribution < 1.29 is 23.1 Å². The molecule has 3 N–H and O–H groups in total. The van der Waals surface area contributed by atoms with Gasteiger partial charge in [0.25, 0.3) is 5.91 Å². The zero-order chi connectivity index (χ0) is 20.7. The van der Waals surface area contributed by atoms with Gasteiger partial charge in [-0.15, -0.1) is 0 Å². The quantitative estimate of drug-likeness (QED) is 0.566. The summed E-state index contributed by atoms with van der Waals surface area (Å²) in [4.78, 5) is 20.3. The molecule has 29 heavy (non-hydrogen) atoms. The number of nitrogens with zero attached hydrogens (tertiary/aromatic N) is 2. The summed E-state index contributed by atoms with van der Waals surface area (Å²) in [7, 11) is -3.56. The van der Waals surface area contributed by atoms with Crippen molar-refractivity contribution in [1.29, 1.82) is 0 Å². The molecule has 9 nitrogen and oxygen atoms in total. The van der Waals surface area contributed by atoms with Crippen molar-refractivity contribution in [2.75, 3.05) is 13.2 Å². The van der Waals surface area contributed by atoms with E-state index in [0.29, 0.717) is 19.3 Å². The molecule has 1 fully saturated rings. The van der Waals surface area contributed by atoms with Crippen LogP contribution in [-0.2, 0) is 14.8 Å². The summed E-state index contributed by atoms with van der Waals surface area (Å²) in [6.07, 6.45) is 5.20. The lowest BCUT2D eigenvalue weighted by atomic mass is 9.97. The number of benzene rings is 1. The molecule has 10 heteroatoms. The lowest BCUT2D eigenvalue weighted by Crippen LogP contribution is -2.51.